The van der Waals surface area contributed by atoms with Crippen molar-refractivity contribution >= 4 is 33.4 Å². The summed E-state index contributed by atoms with van der Waals surface area (Å²) in [4.78, 5) is 19.8. The summed E-state index contributed by atoms with van der Waals surface area (Å²) in [6, 6.07) is 12.1. The number of anilines is 2. The van der Waals surface area contributed by atoms with Gasteiger partial charge in [-0.3, -0.25) is 10.1 Å². The van der Waals surface area contributed by atoms with E-state index in [1.54, 1.807) is 12.4 Å². The molecule has 0 radical (unpaired) electrons. The monoisotopic (exact) mass is 410 g/mol. The molecule has 4 aromatic heterocycles. The van der Waals surface area contributed by atoms with E-state index in [9.17, 15) is 0 Å². The van der Waals surface area contributed by atoms with Crippen LogP contribution in [0.4, 0.5) is 11.4 Å². The third-order valence-electron chi connectivity index (χ3n) is 5.88. The van der Waals surface area contributed by atoms with Gasteiger partial charge in [0.2, 0.25) is 0 Å². The van der Waals surface area contributed by atoms with Gasteiger partial charge in [0, 0.05) is 31.0 Å². The van der Waals surface area contributed by atoms with Crippen LogP contribution in [0, 0.1) is 0 Å². The van der Waals surface area contributed by atoms with E-state index in [0.29, 0.717) is 17.2 Å². The van der Waals surface area contributed by atoms with Crippen molar-refractivity contribution in [1.29, 1.82) is 0 Å². The van der Waals surface area contributed by atoms with E-state index in [1.807, 2.05) is 18.2 Å². The number of piperidine rings is 1. The van der Waals surface area contributed by atoms with Crippen molar-refractivity contribution < 1.29 is 0 Å². The van der Waals surface area contributed by atoms with Gasteiger partial charge in [0.15, 0.2) is 11.5 Å². The highest BCUT2D eigenvalue weighted by Gasteiger charge is 2.19. The van der Waals surface area contributed by atoms with Crippen LogP contribution in [0.3, 0.4) is 0 Å². The zero-order chi connectivity index (χ0) is 20.8. The maximum Gasteiger partial charge on any atom is 0.161 e. The number of benzene rings is 1. The number of nitrogen functional groups attached to an aromatic ring is 1. The summed E-state index contributed by atoms with van der Waals surface area (Å²) >= 11 is 0. The van der Waals surface area contributed by atoms with Gasteiger partial charge in [-0.1, -0.05) is 6.07 Å². The van der Waals surface area contributed by atoms with E-state index < -0.39 is 0 Å². The number of hydrogen-bond donors (Lipinski definition) is 3. The molecule has 4 N–H and O–H groups in total. The number of fused-ring (bicyclic) bond motifs is 2. The lowest BCUT2D eigenvalue weighted by Crippen LogP contribution is -2.29. The fourth-order valence-electron chi connectivity index (χ4n) is 4.34. The predicted octanol–water partition coefficient (Wildman–Crippen LogP) is 4.14. The number of para-hydroxylation sites is 1. The molecule has 8 heteroatoms. The SMILES string of the molecule is Nc1cncc(-c2ccc3[nH]nc(-c4nc5c(N6CCCCC6)cccc5[nH]4)c3n2)c1. The molecule has 1 fully saturated rings. The Bertz CT molecular complexity index is 1390. The first-order valence-electron chi connectivity index (χ1n) is 10.6. The van der Waals surface area contributed by atoms with Crippen molar-refractivity contribution in [3.8, 4) is 22.8 Å². The number of aromatic amines is 2. The van der Waals surface area contributed by atoms with Crippen LogP contribution in [0.1, 0.15) is 19.3 Å². The van der Waals surface area contributed by atoms with Crippen molar-refractivity contribution in [3.05, 3.63) is 48.8 Å². The van der Waals surface area contributed by atoms with Crippen LogP contribution >= 0.6 is 0 Å². The first-order valence-corrected chi connectivity index (χ1v) is 10.6. The lowest BCUT2D eigenvalue weighted by atomic mass is 10.1. The summed E-state index contributed by atoms with van der Waals surface area (Å²) in [7, 11) is 0. The molecule has 0 unspecified atom stereocenters. The molecule has 1 aliphatic heterocycles. The van der Waals surface area contributed by atoms with Gasteiger partial charge in [0.05, 0.1) is 28.1 Å². The summed E-state index contributed by atoms with van der Waals surface area (Å²) in [5, 5.41) is 7.60. The number of rotatable bonds is 3. The lowest BCUT2D eigenvalue weighted by Gasteiger charge is -2.28. The number of pyridine rings is 2. The molecule has 0 aliphatic carbocycles. The molecule has 0 amide bonds. The Labute approximate surface area is 178 Å². The van der Waals surface area contributed by atoms with Crippen LogP contribution in [0.5, 0.6) is 0 Å². The third-order valence-corrected chi connectivity index (χ3v) is 5.88. The first-order chi connectivity index (χ1) is 15.3. The molecular weight excluding hydrogens is 388 g/mol. The minimum Gasteiger partial charge on any atom is -0.397 e. The summed E-state index contributed by atoms with van der Waals surface area (Å²) < 4.78 is 0. The Kier molecular flexibility index (Phi) is 4.09. The Morgan fingerprint density at radius 1 is 0.903 bits per heavy atom. The molecule has 8 nitrogen and oxygen atoms in total. The maximum atomic E-state index is 5.90. The van der Waals surface area contributed by atoms with Gasteiger partial charge in [-0.15, -0.1) is 0 Å². The molecule has 1 aliphatic rings. The largest absolute Gasteiger partial charge is 0.397 e. The van der Waals surface area contributed by atoms with Crippen LogP contribution in [-0.2, 0) is 0 Å². The molecule has 0 atom stereocenters. The Hall–Kier alpha value is -3.94. The number of nitrogens with two attached hydrogens (primary N) is 1. The quantitative estimate of drug-likeness (QED) is 0.412. The van der Waals surface area contributed by atoms with E-state index in [1.165, 1.54) is 24.9 Å². The fraction of sp³-hybridized carbons (Fsp3) is 0.217. The van der Waals surface area contributed by atoms with Gasteiger partial charge in [-0.05, 0) is 49.6 Å². The topological polar surface area (TPSA) is 112 Å². The van der Waals surface area contributed by atoms with Crippen molar-refractivity contribution in [3.63, 3.8) is 0 Å². The average molecular weight is 410 g/mol. The molecule has 0 bridgehead atoms. The molecule has 5 heterocycles. The molecule has 6 rings (SSSR count). The standard InChI is InChI=1S/C23H22N8/c24-15-11-14(12-25-13-15)16-7-8-18-21(26-16)22(30-29-18)23-27-17-5-4-6-19(20(17)28-23)31-9-2-1-3-10-31/h4-8,11-13H,1-3,9-10,24H2,(H,27,28)(H,29,30). The van der Waals surface area contributed by atoms with E-state index in [4.69, 9.17) is 15.7 Å². The van der Waals surface area contributed by atoms with Gasteiger partial charge in [-0.25, -0.2) is 9.97 Å². The summed E-state index contributed by atoms with van der Waals surface area (Å²) in [6.07, 6.45) is 7.14. The third kappa shape index (κ3) is 3.07. The Balaban J connectivity index is 1.46. The predicted molar refractivity (Wildman–Crippen MR) is 123 cm³/mol. The second-order valence-corrected chi connectivity index (χ2v) is 7.98. The second kappa shape index (κ2) is 7.09. The minimum atomic E-state index is 0.606. The highest BCUT2D eigenvalue weighted by atomic mass is 15.2. The molecule has 0 spiro atoms. The minimum absolute atomic E-state index is 0.606. The summed E-state index contributed by atoms with van der Waals surface area (Å²) in [6.45, 7) is 2.15. The molecule has 0 saturated carbocycles. The van der Waals surface area contributed by atoms with Gasteiger partial charge in [0.25, 0.3) is 0 Å². The number of imidazole rings is 1. The summed E-state index contributed by atoms with van der Waals surface area (Å²) in [5.74, 6) is 0.709. The normalized spacial score (nSPS) is 14.5. The van der Waals surface area contributed by atoms with Crippen LogP contribution in [0.15, 0.2) is 48.8 Å². The molecule has 5 aromatic rings. The van der Waals surface area contributed by atoms with E-state index >= 15 is 0 Å². The Morgan fingerprint density at radius 2 is 1.81 bits per heavy atom. The highest BCUT2D eigenvalue weighted by Crippen LogP contribution is 2.32. The van der Waals surface area contributed by atoms with Crippen molar-refractivity contribution in [2.75, 3.05) is 23.7 Å². The Morgan fingerprint density at radius 3 is 2.68 bits per heavy atom. The second-order valence-electron chi connectivity index (χ2n) is 7.98. The smallest absolute Gasteiger partial charge is 0.161 e. The van der Waals surface area contributed by atoms with Crippen molar-refractivity contribution in [1.82, 2.24) is 30.1 Å². The lowest BCUT2D eigenvalue weighted by molar-refractivity contribution is 0.579. The van der Waals surface area contributed by atoms with Gasteiger partial charge in [0.1, 0.15) is 11.0 Å². The van der Waals surface area contributed by atoms with Crippen molar-refractivity contribution in [2.45, 2.75) is 19.3 Å². The highest BCUT2D eigenvalue weighted by molar-refractivity contribution is 5.95. The number of H-pyrrole nitrogens is 2. The van der Waals surface area contributed by atoms with Crippen LogP contribution in [-0.4, -0.2) is 43.2 Å². The van der Waals surface area contributed by atoms with E-state index in [0.717, 1.165) is 46.4 Å². The van der Waals surface area contributed by atoms with Gasteiger partial charge < -0.3 is 15.6 Å². The first kappa shape index (κ1) is 17.9. The molecule has 31 heavy (non-hydrogen) atoms. The number of nitrogens with one attached hydrogen (secondary N) is 2. The maximum absolute atomic E-state index is 5.90. The van der Waals surface area contributed by atoms with Crippen molar-refractivity contribution in [2.24, 2.45) is 0 Å². The van der Waals surface area contributed by atoms with Gasteiger partial charge >= 0.3 is 0 Å². The van der Waals surface area contributed by atoms with E-state index in [-0.39, 0.29) is 0 Å². The van der Waals surface area contributed by atoms with Crippen LogP contribution in [0.25, 0.3) is 44.8 Å². The molecule has 1 saturated heterocycles. The van der Waals surface area contributed by atoms with Crippen LogP contribution in [0.2, 0.25) is 0 Å². The average Bonchev–Trinajstić information content (AvgIpc) is 3.43. The molecule has 154 valence electrons. The molecular formula is C23H22N8. The number of aromatic nitrogens is 6. The fourth-order valence-corrected chi connectivity index (χ4v) is 4.34. The number of hydrogen-bond acceptors (Lipinski definition) is 6. The number of nitrogens with zero attached hydrogens (tertiary/aromatic N) is 5. The zero-order valence-electron chi connectivity index (χ0n) is 17.0. The zero-order valence-corrected chi connectivity index (χ0v) is 17.0. The van der Waals surface area contributed by atoms with E-state index in [2.05, 4.69) is 43.3 Å². The van der Waals surface area contributed by atoms with Crippen LogP contribution < -0.4 is 10.6 Å². The molecule has 1 aromatic carbocycles. The van der Waals surface area contributed by atoms with Gasteiger partial charge in [-0.2, -0.15) is 5.10 Å². The summed E-state index contributed by atoms with van der Waals surface area (Å²) in [5.41, 5.74) is 13.6.